The fourth-order valence-electron chi connectivity index (χ4n) is 1.30. The van der Waals surface area contributed by atoms with Crippen LogP contribution in [0.25, 0.3) is 0 Å². The molecule has 1 atom stereocenters. The molecule has 0 heterocycles. The summed E-state index contributed by atoms with van der Waals surface area (Å²) < 4.78 is 19.7. The van der Waals surface area contributed by atoms with Gasteiger partial charge in [0.05, 0.1) is 18.8 Å². The highest BCUT2D eigenvalue weighted by molar-refractivity contribution is 9.10. The van der Waals surface area contributed by atoms with Gasteiger partial charge in [-0.1, -0.05) is 22.0 Å². The van der Waals surface area contributed by atoms with Crippen LogP contribution in [0, 0.1) is 5.82 Å². The zero-order valence-corrected chi connectivity index (χ0v) is 10.9. The van der Waals surface area contributed by atoms with Crippen LogP contribution in [-0.4, -0.2) is 12.7 Å². The molecule has 5 heteroatoms. The van der Waals surface area contributed by atoms with E-state index in [0.29, 0.717) is 16.6 Å². The first-order chi connectivity index (χ1) is 7.54. The Morgan fingerprint density at radius 3 is 2.69 bits per heavy atom. The number of hydrazine groups is 1. The summed E-state index contributed by atoms with van der Waals surface area (Å²) in [5.74, 6) is 5.09. The molecule has 3 nitrogen and oxygen atoms in total. The molecule has 0 aliphatic carbocycles. The molecule has 1 aromatic carbocycles. The Balaban J connectivity index is 2.78. The number of halogens is 2. The summed E-state index contributed by atoms with van der Waals surface area (Å²) in [5, 5.41) is 0. The average Bonchev–Trinajstić information content (AvgIpc) is 2.21. The zero-order valence-electron chi connectivity index (χ0n) is 9.34. The smallest absolute Gasteiger partial charge is 0.129 e. The SMILES string of the molecule is CC(C)OCC(NN)c1ccc(Br)cc1F. The summed E-state index contributed by atoms with van der Waals surface area (Å²) in [6, 6.07) is 4.54. The Bertz CT molecular complexity index is 347. The van der Waals surface area contributed by atoms with Crippen molar-refractivity contribution in [2.45, 2.75) is 26.0 Å². The molecule has 16 heavy (non-hydrogen) atoms. The average molecular weight is 291 g/mol. The van der Waals surface area contributed by atoms with E-state index in [2.05, 4.69) is 21.4 Å². The lowest BCUT2D eigenvalue weighted by Crippen LogP contribution is -2.32. The molecule has 3 N–H and O–H groups in total. The van der Waals surface area contributed by atoms with Gasteiger partial charge in [0.1, 0.15) is 5.82 Å². The van der Waals surface area contributed by atoms with E-state index in [1.54, 1.807) is 12.1 Å². The van der Waals surface area contributed by atoms with Gasteiger partial charge in [0.2, 0.25) is 0 Å². The summed E-state index contributed by atoms with van der Waals surface area (Å²) in [4.78, 5) is 0. The molecule has 0 saturated carbocycles. The predicted octanol–water partition coefficient (Wildman–Crippen LogP) is 2.52. The van der Waals surface area contributed by atoms with E-state index < -0.39 is 0 Å². The summed E-state index contributed by atoms with van der Waals surface area (Å²) >= 11 is 3.21. The fraction of sp³-hybridized carbons (Fsp3) is 0.455. The fourth-order valence-corrected chi connectivity index (χ4v) is 1.63. The maximum absolute atomic E-state index is 13.6. The van der Waals surface area contributed by atoms with Gasteiger partial charge in [-0.2, -0.15) is 0 Å². The standard InChI is InChI=1S/C11H16BrFN2O/c1-7(2)16-6-11(15-14)9-4-3-8(12)5-10(9)13/h3-5,7,11,15H,6,14H2,1-2H3. The van der Waals surface area contributed by atoms with Crippen molar-refractivity contribution in [1.29, 1.82) is 0 Å². The lowest BCUT2D eigenvalue weighted by molar-refractivity contribution is 0.0604. The van der Waals surface area contributed by atoms with Gasteiger partial charge in [0.15, 0.2) is 0 Å². The molecule has 1 rings (SSSR count). The van der Waals surface area contributed by atoms with E-state index in [4.69, 9.17) is 10.6 Å². The van der Waals surface area contributed by atoms with Crippen LogP contribution in [0.15, 0.2) is 22.7 Å². The van der Waals surface area contributed by atoms with Crippen LogP contribution in [0.3, 0.4) is 0 Å². The number of benzene rings is 1. The predicted molar refractivity (Wildman–Crippen MR) is 65.3 cm³/mol. The molecule has 1 unspecified atom stereocenters. The van der Waals surface area contributed by atoms with Crippen LogP contribution in [0.4, 0.5) is 4.39 Å². The van der Waals surface area contributed by atoms with Gasteiger partial charge in [-0.3, -0.25) is 11.3 Å². The minimum Gasteiger partial charge on any atom is -0.377 e. The van der Waals surface area contributed by atoms with E-state index in [9.17, 15) is 4.39 Å². The van der Waals surface area contributed by atoms with Crippen LogP contribution < -0.4 is 11.3 Å². The maximum atomic E-state index is 13.6. The van der Waals surface area contributed by atoms with Gasteiger partial charge >= 0.3 is 0 Å². The van der Waals surface area contributed by atoms with Gasteiger partial charge < -0.3 is 4.74 Å². The summed E-state index contributed by atoms with van der Waals surface area (Å²) in [6.07, 6.45) is 0.0920. The number of nitrogens with one attached hydrogen (secondary N) is 1. The monoisotopic (exact) mass is 290 g/mol. The highest BCUT2D eigenvalue weighted by atomic mass is 79.9. The summed E-state index contributed by atoms with van der Waals surface area (Å²) in [5.41, 5.74) is 3.06. The molecule has 0 amide bonds. The van der Waals surface area contributed by atoms with Gasteiger partial charge in [-0.25, -0.2) is 4.39 Å². The molecule has 90 valence electrons. The second-order valence-electron chi connectivity index (χ2n) is 3.77. The van der Waals surface area contributed by atoms with E-state index >= 15 is 0 Å². The van der Waals surface area contributed by atoms with Crippen molar-refractivity contribution in [3.05, 3.63) is 34.1 Å². The normalized spacial score (nSPS) is 13.1. The molecule has 0 fully saturated rings. The minimum absolute atomic E-state index is 0.0920. The minimum atomic E-state index is -0.338. The number of hydrogen-bond donors (Lipinski definition) is 2. The van der Waals surface area contributed by atoms with Crippen molar-refractivity contribution < 1.29 is 9.13 Å². The Morgan fingerprint density at radius 1 is 1.50 bits per heavy atom. The van der Waals surface area contributed by atoms with Crippen molar-refractivity contribution in [3.8, 4) is 0 Å². The molecule has 0 bridgehead atoms. The molecule has 0 aliphatic heterocycles. The van der Waals surface area contributed by atoms with Crippen molar-refractivity contribution >= 4 is 15.9 Å². The molecule has 0 radical (unpaired) electrons. The van der Waals surface area contributed by atoms with E-state index in [-0.39, 0.29) is 18.0 Å². The van der Waals surface area contributed by atoms with Gasteiger partial charge in [0.25, 0.3) is 0 Å². The van der Waals surface area contributed by atoms with Crippen molar-refractivity contribution in [2.75, 3.05) is 6.61 Å². The zero-order chi connectivity index (χ0) is 12.1. The molecular formula is C11H16BrFN2O. The molecule has 0 aliphatic rings. The van der Waals surface area contributed by atoms with Crippen molar-refractivity contribution in [3.63, 3.8) is 0 Å². The van der Waals surface area contributed by atoms with Gasteiger partial charge in [-0.05, 0) is 26.0 Å². The van der Waals surface area contributed by atoms with E-state index in [0.717, 1.165) is 0 Å². The first-order valence-corrected chi connectivity index (χ1v) is 5.86. The quantitative estimate of drug-likeness (QED) is 0.647. The lowest BCUT2D eigenvalue weighted by Gasteiger charge is -2.18. The largest absolute Gasteiger partial charge is 0.377 e. The van der Waals surface area contributed by atoms with Crippen molar-refractivity contribution in [2.24, 2.45) is 5.84 Å². The van der Waals surface area contributed by atoms with E-state index in [1.807, 2.05) is 13.8 Å². The van der Waals surface area contributed by atoms with Crippen LogP contribution in [-0.2, 0) is 4.74 Å². The van der Waals surface area contributed by atoms with Gasteiger partial charge in [0, 0.05) is 10.0 Å². The van der Waals surface area contributed by atoms with Crippen LogP contribution in [0.5, 0.6) is 0 Å². The van der Waals surface area contributed by atoms with Crippen LogP contribution in [0.2, 0.25) is 0 Å². The second-order valence-corrected chi connectivity index (χ2v) is 4.68. The third kappa shape index (κ3) is 3.83. The first kappa shape index (κ1) is 13.6. The lowest BCUT2D eigenvalue weighted by atomic mass is 10.1. The molecule has 1 aromatic rings. The Hall–Kier alpha value is -0.490. The Kier molecular flexibility index (Phi) is 5.34. The maximum Gasteiger partial charge on any atom is 0.129 e. The van der Waals surface area contributed by atoms with Crippen LogP contribution in [0.1, 0.15) is 25.5 Å². The second kappa shape index (κ2) is 6.30. The highest BCUT2D eigenvalue weighted by Gasteiger charge is 2.15. The number of nitrogens with two attached hydrogens (primary N) is 1. The summed E-state index contributed by atoms with van der Waals surface area (Å²) in [6.45, 7) is 4.18. The van der Waals surface area contributed by atoms with E-state index in [1.165, 1.54) is 6.07 Å². The first-order valence-electron chi connectivity index (χ1n) is 5.07. The number of hydrogen-bond acceptors (Lipinski definition) is 3. The highest BCUT2D eigenvalue weighted by Crippen LogP contribution is 2.21. The molecule has 0 aromatic heterocycles. The number of ether oxygens (including phenoxy) is 1. The van der Waals surface area contributed by atoms with Crippen LogP contribution >= 0.6 is 15.9 Å². The van der Waals surface area contributed by atoms with Crippen molar-refractivity contribution in [1.82, 2.24) is 5.43 Å². The summed E-state index contributed by atoms with van der Waals surface area (Å²) in [7, 11) is 0. The topological polar surface area (TPSA) is 47.3 Å². The Labute approximate surface area is 103 Å². The third-order valence-corrected chi connectivity index (χ3v) is 2.63. The molecule has 0 saturated heterocycles. The molecular weight excluding hydrogens is 275 g/mol. The third-order valence-electron chi connectivity index (χ3n) is 2.14. The molecule has 0 spiro atoms. The Morgan fingerprint density at radius 2 is 2.19 bits per heavy atom. The number of rotatable bonds is 5. The van der Waals surface area contributed by atoms with Gasteiger partial charge in [-0.15, -0.1) is 0 Å².